The van der Waals surface area contributed by atoms with Crippen LogP contribution in [-0.2, 0) is 14.2 Å². The minimum Gasteiger partial charge on any atom is -0.390 e. The van der Waals surface area contributed by atoms with Crippen LogP contribution in [0.25, 0.3) is 0 Å². The summed E-state index contributed by atoms with van der Waals surface area (Å²) in [4.78, 5) is 0. The number of rotatable bonds is 7. The number of methoxy groups -OCH3 is 1. The average molecular weight is 246 g/mol. The summed E-state index contributed by atoms with van der Waals surface area (Å²) in [5, 5.41) is 10.2. The van der Waals surface area contributed by atoms with Gasteiger partial charge in [0.1, 0.15) is 0 Å². The topological polar surface area (TPSA) is 47.9 Å². The summed E-state index contributed by atoms with van der Waals surface area (Å²) < 4.78 is 15.9. The Morgan fingerprint density at radius 2 is 1.88 bits per heavy atom. The second kappa shape index (κ2) is 7.31. The molecule has 2 unspecified atom stereocenters. The van der Waals surface area contributed by atoms with Gasteiger partial charge in [-0.3, -0.25) is 0 Å². The molecule has 0 aromatic rings. The summed E-state index contributed by atoms with van der Waals surface area (Å²) >= 11 is 0. The van der Waals surface area contributed by atoms with E-state index in [0.717, 1.165) is 19.3 Å². The molecule has 17 heavy (non-hydrogen) atoms. The Hall–Kier alpha value is -0.160. The van der Waals surface area contributed by atoms with Crippen molar-refractivity contribution in [1.29, 1.82) is 0 Å². The molecule has 102 valence electrons. The van der Waals surface area contributed by atoms with Crippen molar-refractivity contribution in [3.05, 3.63) is 0 Å². The average Bonchev–Trinajstić information content (AvgIpc) is 2.29. The van der Waals surface area contributed by atoms with Crippen molar-refractivity contribution in [3.63, 3.8) is 0 Å². The van der Waals surface area contributed by atoms with Crippen LogP contribution < -0.4 is 0 Å². The standard InChI is InChI=1S/C13H26O4/c1-13(2)6-4-5-11(12(13)14)17-10-9-16-8-7-15-3/h11-12,14H,4-10H2,1-3H3. The first-order chi connectivity index (χ1) is 8.08. The van der Waals surface area contributed by atoms with Gasteiger partial charge < -0.3 is 19.3 Å². The maximum Gasteiger partial charge on any atom is 0.0852 e. The number of hydrogen-bond donors (Lipinski definition) is 1. The molecule has 4 heteroatoms. The van der Waals surface area contributed by atoms with Crippen LogP contribution in [0.3, 0.4) is 0 Å². The van der Waals surface area contributed by atoms with E-state index < -0.39 is 0 Å². The van der Waals surface area contributed by atoms with Gasteiger partial charge >= 0.3 is 0 Å². The highest BCUT2D eigenvalue weighted by Crippen LogP contribution is 2.36. The highest BCUT2D eigenvalue weighted by molar-refractivity contribution is 4.88. The fraction of sp³-hybridized carbons (Fsp3) is 1.00. The summed E-state index contributed by atoms with van der Waals surface area (Å²) in [7, 11) is 1.65. The van der Waals surface area contributed by atoms with E-state index in [2.05, 4.69) is 13.8 Å². The van der Waals surface area contributed by atoms with Crippen molar-refractivity contribution in [2.45, 2.75) is 45.3 Å². The third-order valence-electron chi connectivity index (χ3n) is 3.45. The minimum atomic E-state index is -0.366. The lowest BCUT2D eigenvalue weighted by Gasteiger charge is -2.40. The van der Waals surface area contributed by atoms with Crippen LogP contribution >= 0.6 is 0 Å². The summed E-state index contributed by atoms with van der Waals surface area (Å²) in [6.07, 6.45) is 2.74. The zero-order valence-corrected chi connectivity index (χ0v) is 11.3. The molecule has 1 saturated carbocycles. The van der Waals surface area contributed by atoms with Gasteiger partial charge in [-0.15, -0.1) is 0 Å². The Labute approximate surface area is 104 Å². The largest absolute Gasteiger partial charge is 0.390 e. The fourth-order valence-electron chi connectivity index (χ4n) is 2.25. The van der Waals surface area contributed by atoms with Crippen LogP contribution in [0.5, 0.6) is 0 Å². The maximum atomic E-state index is 10.2. The summed E-state index contributed by atoms with van der Waals surface area (Å²) in [6.45, 7) is 6.51. The van der Waals surface area contributed by atoms with Gasteiger partial charge in [0.25, 0.3) is 0 Å². The van der Waals surface area contributed by atoms with Crippen molar-refractivity contribution in [1.82, 2.24) is 0 Å². The molecule has 2 atom stereocenters. The Kier molecular flexibility index (Phi) is 6.41. The van der Waals surface area contributed by atoms with Crippen molar-refractivity contribution in [3.8, 4) is 0 Å². The van der Waals surface area contributed by atoms with Gasteiger partial charge in [0.05, 0.1) is 38.6 Å². The van der Waals surface area contributed by atoms with Crippen LogP contribution in [0.15, 0.2) is 0 Å². The molecule has 1 rings (SSSR count). The van der Waals surface area contributed by atoms with E-state index in [1.165, 1.54) is 0 Å². The molecule has 0 bridgehead atoms. The predicted molar refractivity (Wildman–Crippen MR) is 66.1 cm³/mol. The Bertz CT molecular complexity index is 206. The third kappa shape index (κ3) is 4.92. The van der Waals surface area contributed by atoms with Crippen molar-refractivity contribution in [2.24, 2.45) is 5.41 Å². The lowest BCUT2D eigenvalue weighted by molar-refractivity contribution is -0.120. The van der Waals surface area contributed by atoms with E-state index in [4.69, 9.17) is 14.2 Å². The van der Waals surface area contributed by atoms with Gasteiger partial charge in [-0.25, -0.2) is 0 Å². The molecular weight excluding hydrogens is 220 g/mol. The molecule has 0 radical (unpaired) electrons. The van der Waals surface area contributed by atoms with E-state index in [9.17, 15) is 5.11 Å². The lowest BCUT2D eigenvalue weighted by Crippen LogP contribution is -2.44. The van der Waals surface area contributed by atoms with Crippen LogP contribution in [0, 0.1) is 5.41 Å². The molecule has 0 aromatic heterocycles. The summed E-state index contributed by atoms with van der Waals surface area (Å²) in [6, 6.07) is 0. The number of aliphatic hydroxyl groups excluding tert-OH is 1. The second-order valence-corrected chi connectivity index (χ2v) is 5.34. The fourth-order valence-corrected chi connectivity index (χ4v) is 2.25. The van der Waals surface area contributed by atoms with E-state index in [-0.39, 0.29) is 17.6 Å². The Balaban J connectivity index is 2.14. The minimum absolute atomic E-state index is 0.0280. The maximum absolute atomic E-state index is 10.2. The van der Waals surface area contributed by atoms with Crippen LogP contribution in [0.4, 0.5) is 0 Å². The van der Waals surface area contributed by atoms with Crippen LogP contribution in [-0.4, -0.2) is 50.9 Å². The monoisotopic (exact) mass is 246 g/mol. The van der Waals surface area contributed by atoms with Crippen molar-refractivity contribution >= 4 is 0 Å². The van der Waals surface area contributed by atoms with E-state index in [1.807, 2.05) is 0 Å². The normalized spacial score (nSPS) is 28.2. The molecule has 0 aliphatic heterocycles. The molecule has 4 nitrogen and oxygen atoms in total. The van der Waals surface area contributed by atoms with Gasteiger partial charge in [0.15, 0.2) is 0 Å². The Morgan fingerprint density at radius 3 is 2.59 bits per heavy atom. The molecule has 0 aromatic carbocycles. The summed E-state index contributed by atoms with van der Waals surface area (Å²) in [5.74, 6) is 0. The van der Waals surface area contributed by atoms with E-state index in [0.29, 0.717) is 26.4 Å². The van der Waals surface area contributed by atoms with E-state index in [1.54, 1.807) is 7.11 Å². The smallest absolute Gasteiger partial charge is 0.0852 e. The first-order valence-corrected chi connectivity index (χ1v) is 6.44. The first-order valence-electron chi connectivity index (χ1n) is 6.44. The quantitative estimate of drug-likeness (QED) is 0.693. The molecule has 1 fully saturated rings. The van der Waals surface area contributed by atoms with Gasteiger partial charge in [0, 0.05) is 7.11 Å². The molecule has 0 saturated heterocycles. The van der Waals surface area contributed by atoms with Gasteiger partial charge in [-0.2, -0.15) is 0 Å². The van der Waals surface area contributed by atoms with Crippen LogP contribution in [0.2, 0.25) is 0 Å². The summed E-state index contributed by atoms with van der Waals surface area (Å²) in [5.41, 5.74) is -0.0280. The number of hydrogen-bond acceptors (Lipinski definition) is 4. The number of aliphatic hydroxyl groups is 1. The van der Waals surface area contributed by atoms with Gasteiger partial charge in [-0.1, -0.05) is 20.3 Å². The van der Waals surface area contributed by atoms with Crippen LogP contribution in [0.1, 0.15) is 33.1 Å². The molecule has 1 aliphatic rings. The highest BCUT2D eigenvalue weighted by Gasteiger charge is 2.38. The van der Waals surface area contributed by atoms with Crippen molar-refractivity contribution < 1.29 is 19.3 Å². The third-order valence-corrected chi connectivity index (χ3v) is 3.45. The van der Waals surface area contributed by atoms with Crippen molar-refractivity contribution in [2.75, 3.05) is 33.5 Å². The second-order valence-electron chi connectivity index (χ2n) is 5.34. The van der Waals surface area contributed by atoms with Gasteiger partial charge in [0.2, 0.25) is 0 Å². The zero-order valence-electron chi connectivity index (χ0n) is 11.3. The van der Waals surface area contributed by atoms with Gasteiger partial charge in [-0.05, 0) is 18.3 Å². The zero-order chi connectivity index (χ0) is 12.7. The molecular formula is C13H26O4. The highest BCUT2D eigenvalue weighted by atomic mass is 16.5. The molecule has 0 spiro atoms. The predicted octanol–water partition coefficient (Wildman–Crippen LogP) is 1.61. The SMILES string of the molecule is COCCOCCOC1CCCC(C)(C)C1O. The van der Waals surface area contributed by atoms with E-state index >= 15 is 0 Å². The number of ether oxygens (including phenoxy) is 3. The molecule has 0 heterocycles. The lowest BCUT2D eigenvalue weighted by atomic mass is 9.73. The first kappa shape index (κ1) is 14.9. The Morgan fingerprint density at radius 1 is 1.18 bits per heavy atom. The molecule has 1 N–H and O–H groups in total. The molecule has 0 amide bonds. The molecule has 1 aliphatic carbocycles.